The normalized spacial score (nSPS) is 11.7. The van der Waals surface area contributed by atoms with E-state index in [0.29, 0.717) is 11.4 Å². The molecule has 0 saturated heterocycles. The van der Waals surface area contributed by atoms with Crippen LogP contribution in [0.3, 0.4) is 0 Å². The fourth-order valence-electron chi connectivity index (χ4n) is 3.95. The number of pyridine rings is 1. The molecule has 3 heterocycles. The highest BCUT2D eigenvalue weighted by molar-refractivity contribution is 7.92. The molecular weight excluding hydrogens is 563 g/mol. The summed E-state index contributed by atoms with van der Waals surface area (Å²) in [5.74, 6) is -0.329. The molecule has 0 aliphatic rings. The van der Waals surface area contributed by atoms with Crippen LogP contribution in [0.4, 0.5) is 26.4 Å². The van der Waals surface area contributed by atoms with Crippen LogP contribution in [0.2, 0.25) is 0 Å². The van der Waals surface area contributed by atoms with Gasteiger partial charge in [0.2, 0.25) is 10.0 Å². The Labute approximate surface area is 241 Å². The first-order valence-electron chi connectivity index (χ1n) is 12.6. The molecule has 0 spiro atoms. The predicted octanol–water partition coefficient (Wildman–Crippen LogP) is 5.59. The molecule has 14 heteroatoms. The average Bonchev–Trinajstić information content (AvgIpc) is 3.33. The number of anilines is 3. The van der Waals surface area contributed by atoms with E-state index in [1.807, 2.05) is 39.0 Å². The monoisotopic (exact) mass is 590 g/mol. The number of halogens is 1. The topological polar surface area (TPSA) is 153 Å². The van der Waals surface area contributed by atoms with Crippen molar-refractivity contribution in [1.82, 2.24) is 24.7 Å². The highest BCUT2D eigenvalue weighted by Gasteiger charge is 2.21. The minimum atomic E-state index is -3.53. The van der Waals surface area contributed by atoms with Crippen LogP contribution < -0.4 is 20.1 Å². The van der Waals surface area contributed by atoms with Gasteiger partial charge in [0.1, 0.15) is 35.2 Å². The van der Waals surface area contributed by atoms with Crippen molar-refractivity contribution in [2.75, 3.05) is 21.6 Å². The Kier molecular flexibility index (Phi) is 7.47. The molecule has 0 unspecified atom stereocenters. The highest BCUT2D eigenvalue weighted by atomic mass is 32.2. The van der Waals surface area contributed by atoms with Crippen molar-refractivity contribution in [3.63, 3.8) is 0 Å². The summed E-state index contributed by atoms with van der Waals surface area (Å²) in [6, 6.07) is 11.7. The van der Waals surface area contributed by atoms with Crippen LogP contribution >= 0.6 is 0 Å². The van der Waals surface area contributed by atoms with E-state index in [9.17, 15) is 17.6 Å². The lowest BCUT2D eigenvalue weighted by molar-refractivity contribution is 0.262. The summed E-state index contributed by atoms with van der Waals surface area (Å²) in [7, 11) is -3.53. The fraction of sp³-hybridized carbons (Fsp3) is 0.179. The number of hydrogen-bond donors (Lipinski definition) is 3. The molecule has 3 aromatic heterocycles. The van der Waals surface area contributed by atoms with Crippen LogP contribution in [-0.4, -0.2) is 45.4 Å². The predicted molar refractivity (Wildman–Crippen MR) is 158 cm³/mol. The zero-order valence-corrected chi connectivity index (χ0v) is 23.9. The van der Waals surface area contributed by atoms with Crippen molar-refractivity contribution >= 4 is 44.1 Å². The van der Waals surface area contributed by atoms with Gasteiger partial charge in [0.15, 0.2) is 0 Å². The Morgan fingerprint density at radius 2 is 1.74 bits per heavy atom. The van der Waals surface area contributed by atoms with E-state index in [1.165, 1.54) is 36.8 Å². The van der Waals surface area contributed by atoms with Gasteiger partial charge in [0.05, 0.1) is 28.7 Å². The second-order valence-electron chi connectivity index (χ2n) is 10.4. The molecule has 3 N–H and O–H groups in total. The summed E-state index contributed by atoms with van der Waals surface area (Å²) in [5, 5.41) is 10.8. The molecule has 5 aromatic rings. The molecular formula is C28H27FN8O4S. The third kappa shape index (κ3) is 6.78. The maximum atomic E-state index is 15.0. The Hall–Kier alpha value is -5.11. The lowest BCUT2D eigenvalue weighted by Gasteiger charge is -2.18. The summed E-state index contributed by atoms with van der Waals surface area (Å²) >= 11 is 0. The zero-order valence-electron chi connectivity index (χ0n) is 23.1. The maximum absolute atomic E-state index is 15.0. The second-order valence-corrected chi connectivity index (χ2v) is 12.1. The zero-order chi connectivity index (χ0) is 30.1. The number of amides is 2. The Balaban J connectivity index is 1.33. The summed E-state index contributed by atoms with van der Waals surface area (Å²) in [5.41, 5.74) is 2.01. The van der Waals surface area contributed by atoms with E-state index >= 15 is 0 Å². The van der Waals surface area contributed by atoms with E-state index in [1.54, 1.807) is 17.1 Å². The number of carbonyl (C=O) groups is 1. The Morgan fingerprint density at radius 1 is 0.976 bits per heavy atom. The molecule has 0 aliphatic heterocycles. The number of hydrogen-bond acceptors (Lipinski definition) is 8. The summed E-state index contributed by atoms with van der Waals surface area (Å²) < 4.78 is 47.5. The van der Waals surface area contributed by atoms with E-state index < -0.39 is 21.9 Å². The molecule has 0 radical (unpaired) electrons. The number of nitrogens with one attached hydrogen (secondary N) is 3. The minimum Gasteiger partial charge on any atom is -0.457 e. The third-order valence-corrected chi connectivity index (χ3v) is 6.45. The molecule has 12 nitrogen and oxygen atoms in total. The number of sulfonamides is 1. The van der Waals surface area contributed by atoms with Crippen LogP contribution in [0.1, 0.15) is 20.8 Å². The van der Waals surface area contributed by atoms with Gasteiger partial charge in [-0.05, 0) is 51.1 Å². The van der Waals surface area contributed by atoms with Crippen molar-refractivity contribution in [1.29, 1.82) is 0 Å². The van der Waals surface area contributed by atoms with E-state index in [0.717, 1.165) is 28.8 Å². The van der Waals surface area contributed by atoms with Gasteiger partial charge in [-0.3, -0.25) is 9.40 Å². The van der Waals surface area contributed by atoms with Crippen molar-refractivity contribution in [3.8, 4) is 22.8 Å². The number of nitrogens with zero attached hydrogens (tertiary/aromatic N) is 5. The van der Waals surface area contributed by atoms with Crippen molar-refractivity contribution in [3.05, 3.63) is 79.3 Å². The van der Waals surface area contributed by atoms with Crippen molar-refractivity contribution in [2.24, 2.45) is 0 Å². The summed E-state index contributed by atoms with van der Waals surface area (Å²) in [6.45, 7) is 5.95. The molecule has 2 amide bonds. The molecule has 42 heavy (non-hydrogen) atoms. The first-order valence-corrected chi connectivity index (χ1v) is 14.5. The first-order chi connectivity index (χ1) is 19.8. The Morgan fingerprint density at radius 3 is 2.48 bits per heavy atom. The quantitative estimate of drug-likeness (QED) is 0.222. The number of fused-ring (bicyclic) bond motifs is 1. The molecule has 0 atom stereocenters. The lowest BCUT2D eigenvalue weighted by atomic mass is 10.1. The van der Waals surface area contributed by atoms with E-state index in [-0.39, 0.29) is 28.5 Å². The number of aromatic nitrogens is 5. The van der Waals surface area contributed by atoms with Gasteiger partial charge in [-0.2, -0.15) is 5.10 Å². The minimum absolute atomic E-state index is 0.0524. The largest absolute Gasteiger partial charge is 0.457 e. The van der Waals surface area contributed by atoms with E-state index in [2.05, 4.69) is 30.3 Å². The van der Waals surface area contributed by atoms with Gasteiger partial charge < -0.3 is 15.4 Å². The van der Waals surface area contributed by atoms with Crippen LogP contribution in [0.25, 0.3) is 22.2 Å². The molecule has 0 aliphatic carbocycles. The first kappa shape index (κ1) is 28.4. The summed E-state index contributed by atoms with van der Waals surface area (Å²) in [6.07, 6.45) is 7.23. The van der Waals surface area contributed by atoms with Crippen molar-refractivity contribution < 1.29 is 22.3 Å². The SMILES string of the molecule is CC(C)(C)n1cc(NC(=O)Nc2ccc(Oc3ccnc(NS(C)(=O)=O)c3)cc2F)c(-c2ccc3ncncc3c2)n1. The standard InChI is InChI=1S/C28H27FN8O4S/c1-28(2,3)37-15-24(26(35-37)17-5-7-22-18(11-17)14-30-16-32-22)34-27(38)33-23-8-6-19(12-21(23)29)41-20-9-10-31-25(13-20)36-42(4,39)40/h5-16H,1-4H3,(H,31,36)(H2,33,34,38). The van der Waals surface area contributed by atoms with E-state index in [4.69, 9.17) is 9.84 Å². The number of benzene rings is 2. The number of ether oxygens (including phenoxy) is 1. The fourth-order valence-corrected chi connectivity index (χ4v) is 4.44. The molecule has 5 rings (SSSR count). The van der Waals surface area contributed by atoms with Gasteiger partial charge in [-0.15, -0.1) is 0 Å². The van der Waals surface area contributed by atoms with Gasteiger partial charge in [0.25, 0.3) is 0 Å². The molecule has 216 valence electrons. The highest BCUT2D eigenvalue weighted by Crippen LogP contribution is 2.32. The average molecular weight is 591 g/mol. The Bertz CT molecular complexity index is 1900. The van der Waals surface area contributed by atoms with Gasteiger partial charge in [0, 0.05) is 41.7 Å². The van der Waals surface area contributed by atoms with Crippen LogP contribution in [0, 0.1) is 5.82 Å². The molecule has 0 saturated carbocycles. The lowest BCUT2D eigenvalue weighted by Crippen LogP contribution is -2.22. The van der Waals surface area contributed by atoms with Crippen LogP contribution in [0.15, 0.2) is 73.4 Å². The van der Waals surface area contributed by atoms with Gasteiger partial charge in [-0.25, -0.2) is 32.6 Å². The summed E-state index contributed by atoms with van der Waals surface area (Å²) in [4.78, 5) is 25.2. The molecule has 2 aromatic carbocycles. The number of rotatable bonds is 7. The number of carbonyl (C=O) groups excluding carboxylic acids is 1. The van der Waals surface area contributed by atoms with Crippen LogP contribution in [-0.2, 0) is 15.6 Å². The second kappa shape index (κ2) is 11.0. The van der Waals surface area contributed by atoms with Crippen molar-refractivity contribution in [2.45, 2.75) is 26.3 Å². The van der Waals surface area contributed by atoms with Gasteiger partial charge in [-0.1, -0.05) is 6.07 Å². The maximum Gasteiger partial charge on any atom is 0.323 e. The third-order valence-electron chi connectivity index (χ3n) is 5.87. The van der Waals surface area contributed by atoms with Gasteiger partial charge >= 0.3 is 6.03 Å². The van der Waals surface area contributed by atoms with Crippen LogP contribution in [0.5, 0.6) is 11.5 Å². The smallest absolute Gasteiger partial charge is 0.323 e. The number of urea groups is 1. The molecule has 0 bridgehead atoms. The molecule has 0 fully saturated rings.